The van der Waals surface area contributed by atoms with E-state index in [1.54, 1.807) is 0 Å². The van der Waals surface area contributed by atoms with Crippen LogP contribution in [0.25, 0.3) is 0 Å². The van der Waals surface area contributed by atoms with Gasteiger partial charge in [0.2, 0.25) is 0 Å². The first-order valence-corrected chi connectivity index (χ1v) is 5.26. The van der Waals surface area contributed by atoms with Gasteiger partial charge in [-0.1, -0.05) is 5.10 Å². The SMILES string of the molecule is O=[N+]([O-])c1[nH]ncc1N1CCC(CO)CC1. The summed E-state index contributed by atoms with van der Waals surface area (Å²) in [6.07, 6.45) is 3.20. The number of hydrogen-bond donors (Lipinski definition) is 2. The lowest BCUT2D eigenvalue weighted by molar-refractivity contribution is -0.388. The van der Waals surface area contributed by atoms with Crippen LogP contribution in [-0.4, -0.2) is 39.9 Å². The quantitative estimate of drug-likeness (QED) is 0.579. The number of nitrogens with zero attached hydrogens (tertiary/aromatic N) is 3. The molecule has 1 aromatic heterocycles. The highest BCUT2D eigenvalue weighted by Gasteiger charge is 2.25. The second-order valence-corrected chi connectivity index (χ2v) is 3.97. The minimum atomic E-state index is -0.458. The molecule has 0 spiro atoms. The van der Waals surface area contributed by atoms with Crippen LogP contribution in [0.5, 0.6) is 0 Å². The summed E-state index contributed by atoms with van der Waals surface area (Å²) in [5, 5.41) is 25.8. The van der Waals surface area contributed by atoms with Crippen molar-refractivity contribution >= 4 is 11.5 Å². The third-order valence-corrected chi connectivity index (χ3v) is 3.00. The number of rotatable bonds is 3. The molecule has 0 bridgehead atoms. The Hall–Kier alpha value is -1.63. The molecule has 16 heavy (non-hydrogen) atoms. The summed E-state index contributed by atoms with van der Waals surface area (Å²) in [5.41, 5.74) is 0.543. The highest BCUT2D eigenvalue weighted by Crippen LogP contribution is 2.28. The average Bonchev–Trinajstić information content (AvgIpc) is 2.78. The molecular weight excluding hydrogens is 212 g/mol. The van der Waals surface area contributed by atoms with Gasteiger partial charge in [0.15, 0.2) is 5.69 Å². The van der Waals surface area contributed by atoms with Gasteiger partial charge in [-0.15, -0.1) is 5.10 Å². The maximum atomic E-state index is 10.7. The molecule has 0 amide bonds. The Balaban J connectivity index is 2.08. The summed E-state index contributed by atoms with van der Waals surface area (Å²) in [5.74, 6) is 0.268. The van der Waals surface area contributed by atoms with E-state index in [9.17, 15) is 10.1 Å². The summed E-state index contributed by atoms with van der Waals surface area (Å²) in [6, 6.07) is 0. The minimum Gasteiger partial charge on any atom is -0.396 e. The molecule has 1 aromatic rings. The van der Waals surface area contributed by atoms with E-state index in [2.05, 4.69) is 10.2 Å². The fourth-order valence-electron chi connectivity index (χ4n) is 2.00. The zero-order valence-corrected chi connectivity index (χ0v) is 8.80. The molecule has 2 rings (SSSR count). The number of H-pyrrole nitrogens is 1. The van der Waals surface area contributed by atoms with E-state index in [1.807, 2.05) is 4.90 Å². The average molecular weight is 226 g/mol. The molecule has 2 N–H and O–H groups in total. The number of aliphatic hydroxyl groups is 1. The Labute approximate surface area is 92.2 Å². The van der Waals surface area contributed by atoms with Crippen molar-refractivity contribution < 1.29 is 10.0 Å². The van der Waals surface area contributed by atoms with Crippen molar-refractivity contribution in [1.29, 1.82) is 0 Å². The van der Waals surface area contributed by atoms with Crippen LogP contribution in [0.3, 0.4) is 0 Å². The molecule has 7 heteroatoms. The van der Waals surface area contributed by atoms with Gasteiger partial charge in [0.1, 0.15) is 6.20 Å². The van der Waals surface area contributed by atoms with E-state index in [4.69, 9.17) is 5.11 Å². The van der Waals surface area contributed by atoms with Gasteiger partial charge in [-0.05, 0) is 23.7 Å². The molecule has 88 valence electrons. The lowest BCUT2D eigenvalue weighted by Crippen LogP contribution is -2.34. The predicted octanol–water partition coefficient (Wildman–Crippen LogP) is 0.527. The van der Waals surface area contributed by atoms with Crippen LogP contribution in [0.2, 0.25) is 0 Å². The summed E-state index contributed by atoms with van der Waals surface area (Å²) in [4.78, 5) is 12.2. The van der Waals surface area contributed by atoms with Crippen LogP contribution in [0.1, 0.15) is 12.8 Å². The largest absolute Gasteiger partial charge is 0.396 e. The molecule has 0 radical (unpaired) electrons. The highest BCUT2D eigenvalue weighted by molar-refractivity contribution is 5.58. The van der Waals surface area contributed by atoms with E-state index >= 15 is 0 Å². The number of aliphatic hydroxyl groups excluding tert-OH is 1. The van der Waals surface area contributed by atoms with Crippen LogP contribution in [0.15, 0.2) is 6.20 Å². The molecule has 1 fully saturated rings. The first kappa shape index (κ1) is 10.9. The number of anilines is 1. The summed E-state index contributed by atoms with van der Waals surface area (Å²) >= 11 is 0. The number of hydrogen-bond acceptors (Lipinski definition) is 5. The van der Waals surface area contributed by atoms with Crippen molar-refractivity contribution in [2.45, 2.75) is 12.8 Å². The van der Waals surface area contributed by atoms with E-state index in [0.29, 0.717) is 11.6 Å². The van der Waals surface area contributed by atoms with Crippen LogP contribution >= 0.6 is 0 Å². The summed E-state index contributed by atoms with van der Waals surface area (Å²) < 4.78 is 0. The third-order valence-electron chi connectivity index (χ3n) is 3.00. The molecule has 2 heterocycles. The van der Waals surface area contributed by atoms with Crippen LogP contribution in [-0.2, 0) is 0 Å². The normalized spacial score (nSPS) is 17.7. The lowest BCUT2D eigenvalue weighted by Gasteiger charge is -2.31. The second kappa shape index (κ2) is 4.48. The van der Waals surface area contributed by atoms with Gasteiger partial charge >= 0.3 is 5.82 Å². The van der Waals surface area contributed by atoms with Crippen LogP contribution in [0, 0.1) is 16.0 Å². The maximum Gasteiger partial charge on any atom is 0.366 e. The standard InChI is InChI=1S/C9H14N4O3/c14-6-7-1-3-12(4-2-7)8-5-10-11-9(8)13(15)16/h5,7,14H,1-4,6H2,(H,10,11). The topological polar surface area (TPSA) is 95.3 Å². The molecular formula is C9H14N4O3. The van der Waals surface area contributed by atoms with Gasteiger partial charge in [0, 0.05) is 19.7 Å². The highest BCUT2D eigenvalue weighted by atomic mass is 16.6. The smallest absolute Gasteiger partial charge is 0.366 e. The van der Waals surface area contributed by atoms with Crippen molar-refractivity contribution in [1.82, 2.24) is 10.2 Å². The Morgan fingerprint density at radius 2 is 2.31 bits per heavy atom. The Morgan fingerprint density at radius 3 is 2.88 bits per heavy atom. The number of piperidine rings is 1. The zero-order chi connectivity index (χ0) is 11.5. The number of nitro groups is 1. The van der Waals surface area contributed by atoms with Gasteiger partial charge in [-0.25, -0.2) is 0 Å². The van der Waals surface area contributed by atoms with Crippen molar-refractivity contribution in [2.75, 3.05) is 24.6 Å². The van der Waals surface area contributed by atoms with Crippen molar-refractivity contribution in [2.24, 2.45) is 5.92 Å². The van der Waals surface area contributed by atoms with Gasteiger partial charge in [-0.3, -0.25) is 0 Å². The van der Waals surface area contributed by atoms with Gasteiger partial charge in [-0.2, -0.15) is 0 Å². The van der Waals surface area contributed by atoms with Gasteiger partial charge in [0.05, 0.1) is 0 Å². The monoisotopic (exact) mass is 226 g/mol. The fourth-order valence-corrected chi connectivity index (χ4v) is 2.00. The van der Waals surface area contributed by atoms with Crippen molar-refractivity contribution in [3.63, 3.8) is 0 Å². The molecule has 0 saturated carbocycles. The molecule has 0 atom stereocenters. The van der Waals surface area contributed by atoms with E-state index < -0.39 is 4.92 Å². The van der Waals surface area contributed by atoms with Crippen molar-refractivity contribution in [3.8, 4) is 0 Å². The summed E-state index contributed by atoms with van der Waals surface area (Å²) in [7, 11) is 0. The molecule has 1 aliphatic heterocycles. The molecule has 1 aliphatic rings. The summed E-state index contributed by atoms with van der Waals surface area (Å²) in [6.45, 7) is 1.65. The Bertz CT molecular complexity index is 371. The van der Waals surface area contributed by atoms with Gasteiger partial charge < -0.3 is 20.1 Å². The fraction of sp³-hybridized carbons (Fsp3) is 0.667. The lowest BCUT2D eigenvalue weighted by atomic mass is 9.98. The number of aromatic nitrogens is 2. The first-order valence-electron chi connectivity index (χ1n) is 5.26. The Kier molecular flexibility index (Phi) is 3.04. The second-order valence-electron chi connectivity index (χ2n) is 3.97. The minimum absolute atomic E-state index is 0.0533. The Morgan fingerprint density at radius 1 is 1.62 bits per heavy atom. The number of aromatic amines is 1. The number of nitrogens with one attached hydrogen (secondary N) is 1. The molecule has 0 unspecified atom stereocenters. The first-order chi connectivity index (χ1) is 7.72. The molecule has 7 nitrogen and oxygen atoms in total. The van der Waals surface area contributed by atoms with Gasteiger partial charge in [0.25, 0.3) is 0 Å². The van der Waals surface area contributed by atoms with Crippen molar-refractivity contribution in [3.05, 3.63) is 16.3 Å². The third kappa shape index (κ3) is 1.99. The van der Waals surface area contributed by atoms with E-state index in [0.717, 1.165) is 25.9 Å². The van der Waals surface area contributed by atoms with Crippen LogP contribution < -0.4 is 4.90 Å². The molecule has 0 aromatic carbocycles. The predicted molar refractivity (Wildman–Crippen MR) is 57.3 cm³/mol. The molecule has 0 aliphatic carbocycles. The van der Waals surface area contributed by atoms with E-state index in [1.165, 1.54) is 6.20 Å². The van der Waals surface area contributed by atoms with Crippen LogP contribution in [0.4, 0.5) is 11.5 Å². The van der Waals surface area contributed by atoms with E-state index in [-0.39, 0.29) is 12.4 Å². The molecule has 1 saturated heterocycles. The maximum absolute atomic E-state index is 10.7. The zero-order valence-electron chi connectivity index (χ0n) is 8.80.